The summed E-state index contributed by atoms with van der Waals surface area (Å²) in [7, 11) is 0. The molecule has 0 spiro atoms. The van der Waals surface area contributed by atoms with Gasteiger partial charge in [-0.1, -0.05) is 74.5 Å². The van der Waals surface area contributed by atoms with Gasteiger partial charge < -0.3 is 10.1 Å². The predicted molar refractivity (Wildman–Crippen MR) is 136 cm³/mol. The second-order valence-corrected chi connectivity index (χ2v) is 9.25. The average molecular weight is 495 g/mol. The molecule has 9 heteroatoms. The number of carbonyl (C=O) groups is 2. The van der Waals surface area contributed by atoms with Gasteiger partial charge in [-0.2, -0.15) is 4.68 Å². The van der Waals surface area contributed by atoms with Gasteiger partial charge in [0.15, 0.2) is 0 Å². The SMILES string of the molecule is CC(C)CCC(=O)N([C@@H](CCCc1ccccc1)C(=O)NO)n1c(O)c(Cc2ccccc2)[nH]c1=O. The Hall–Kier alpha value is -3.85. The van der Waals surface area contributed by atoms with E-state index in [1.54, 1.807) is 5.48 Å². The number of aromatic nitrogens is 2. The third kappa shape index (κ3) is 6.85. The van der Waals surface area contributed by atoms with Crippen molar-refractivity contribution in [1.82, 2.24) is 15.1 Å². The minimum atomic E-state index is -1.21. The van der Waals surface area contributed by atoms with E-state index < -0.39 is 29.4 Å². The molecule has 1 aromatic heterocycles. The van der Waals surface area contributed by atoms with Crippen molar-refractivity contribution >= 4 is 11.8 Å². The summed E-state index contributed by atoms with van der Waals surface area (Å²) in [6.45, 7) is 3.93. The number of H-pyrrole nitrogens is 1. The highest BCUT2D eigenvalue weighted by molar-refractivity contribution is 5.94. The lowest BCUT2D eigenvalue weighted by atomic mass is 10.0. The molecule has 0 unspecified atom stereocenters. The van der Waals surface area contributed by atoms with Gasteiger partial charge in [0.25, 0.3) is 5.91 Å². The molecule has 9 nitrogen and oxygen atoms in total. The van der Waals surface area contributed by atoms with E-state index in [-0.39, 0.29) is 30.9 Å². The number of benzene rings is 2. The van der Waals surface area contributed by atoms with E-state index in [1.807, 2.05) is 74.5 Å². The molecule has 0 saturated heterocycles. The van der Waals surface area contributed by atoms with Crippen LogP contribution >= 0.6 is 0 Å². The number of aromatic amines is 1. The number of nitrogens with zero attached hydrogens (tertiary/aromatic N) is 2. The fourth-order valence-corrected chi connectivity index (χ4v) is 4.12. The second-order valence-electron chi connectivity index (χ2n) is 9.25. The van der Waals surface area contributed by atoms with Crippen LogP contribution in [-0.2, 0) is 22.4 Å². The molecule has 36 heavy (non-hydrogen) atoms. The van der Waals surface area contributed by atoms with Gasteiger partial charge >= 0.3 is 5.69 Å². The quantitative estimate of drug-likeness (QED) is 0.227. The van der Waals surface area contributed by atoms with Crippen LogP contribution in [0.3, 0.4) is 0 Å². The molecule has 0 fully saturated rings. The number of aryl methyl sites for hydroxylation is 1. The molecule has 0 radical (unpaired) electrons. The van der Waals surface area contributed by atoms with Gasteiger partial charge in [0.05, 0.1) is 5.69 Å². The van der Waals surface area contributed by atoms with Crippen LogP contribution in [0.2, 0.25) is 0 Å². The van der Waals surface area contributed by atoms with Gasteiger partial charge in [0.1, 0.15) is 6.04 Å². The van der Waals surface area contributed by atoms with Crippen LogP contribution in [0.25, 0.3) is 0 Å². The normalized spacial score (nSPS) is 11.9. The van der Waals surface area contributed by atoms with E-state index in [9.17, 15) is 24.7 Å². The van der Waals surface area contributed by atoms with Crippen LogP contribution in [0.15, 0.2) is 65.5 Å². The summed E-state index contributed by atoms with van der Waals surface area (Å²) < 4.78 is 0.823. The zero-order valence-corrected chi connectivity index (χ0v) is 20.7. The van der Waals surface area contributed by atoms with E-state index in [1.165, 1.54) is 0 Å². The number of rotatable bonds is 12. The fourth-order valence-electron chi connectivity index (χ4n) is 4.12. The lowest BCUT2D eigenvalue weighted by Gasteiger charge is -2.30. The smallest absolute Gasteiger partial charge is 0.348 e. The summed E-state index contributed by atoms with van der Waals surface area (Å²) in [4.78, 5) is 41.8. The Morgan fingerprint density at radius 1 is 1.00 bits per heavy atom. The Morgan fingerprint density at radius 3 is 2.19 bits per heavy atom. The molecule has 4 N–H and O–H groups in total. The summed E-state index contributed by atoms with van der Waals surface area (Å²) in [6.07, 6.45) is 2.14. The maximum absolute atomic E-state index is 13.4. The molecule has 2 aromatic carbocycles. The Balaban J connectivity index is 1.95. The Morgan fingerprint density at radius 2 is 1.61 bits per heavy atom. The first kappa shape index (κ1) is 26.7. The first-order valence-corrected chi connectivity index (χ1v) is 12.2. The lowest BCUT2D eigenvalue weighted by Crippen LogP contribution is -2.57. The topological polar surface area (TPSA) is 128 Å². The second kappa shape index (κ2) is 12.7. The van der Waals surface area contributed by atoms with Crippen molar-refractivity contribution in [1.29, 1.82) is 0 Å². The van der Waals surface area contributed by atoms with Crippen molar-refractivity contribution in [3.63, 3.8) is 0 Å². The van der Waals surface area contributed by atoms with Gasteiger partial charge in [0.2, 0.25) is 11.8 Å². The van der Waals surface area contributed by atoms with Gasteiger partial charge in [0, 0.05) is 12.8 Å². The minimum Gasteiger partial charge on any atom is -0.492 e. The van der Waals surface area contributed by atoms with Crippen molar-refractivity contribution < 1.29 is 19.9 Å². The van der Waals surface area contributed by atoms with Crippen LogP contribution in [0.5, 0.6) is 5.88 Å². The fraction of sp³-hybridized carbons (Fsp3) is 0.370. The van der Waals surface area contributed by atoms with Gasteiger partial charge in [-0.15, -0.1) is 0 Å². The van der Waals surface area contributed by atoms with Crippen LogP contribution < -0.4 is 16.2 Å². The molecule has 0 saturated carbocycles. The minimum absolute atomic E-state index is 0.0661. The summed E-state index contributed by atoms with van der Waals surface area (Å²) >= 11 is 0. The summed E-state index contributed by atoms with van der Waals surface area (Å²) in [5.41, 5.74) is 3.02. The Bertz CT molecular complexity index is 1190. The monoisotopic (exact) mass is 494 g/mol. The molecular formula is C27H34N4O5. The third-order valence-corrected chi connectivity index (χ3v) is 6.04. The maximum atomic E-state index is 13.4. The molecule has 0 aliphatic heterocycles. The molecule has 0 aliphatic carbocycles. The van der Waals surface area contributed by atoms with Gasteiger partial charge in [-0.05, 0) is 42.7 Å². The Labute approximate surface area is 210 Å². The van der Waals surface area contributed by atoms with Crippen molar-refractivity contribution in [2.45, 2.75) is 58.4 Å². The van der Waals surface area contributed by atoms with E-state index in [4.69, 9.17) is 0 Å². The predicted octanol–water partition coefficient (Wildman–Crippen LogP) is 3.27. The number of carbonyl (C=O) groups excluding carboxylic acids is 2. The van der Waals surface area contributed by atoms with Gasteiger partial charge in [-0.25, -0.2) is 15.3 Å². The van der Waals surface area contributed by atoms with Crippen molar-refractivity contribution in [2.75, 3.05) is 5.01 Å². The Kier molecular flexibility index (Phi) is 9.46. The number of nitrogens with one attached hydrogen (secondary N) is 2. The summed E-state index contributed by atoms with van der Waals surface area (Å²) in [6, 6.07) is 17.7. The molecule has 192 valence electrons. The van der Waals surface area contributed by atoms with Crippen molar-refractivity contribution in [2.24, 2.45) is 5.92 Å². The molecule has 3 aromatic rings. The first-order chi connectivity index (χ1) is 17.3. The number of imidazole rings is 1. The number of aromatic hydroxyl groups is 1. The third-order valence-electron chi connectivity index (χ3n) is 6.04. The van der Waals surface area contributed by atoms with Crippen LogP contribution in [0.1, 0.15) is 56.4 Å². The van der Waals surface area contributed by atoms with E-state index in [0.29, 0.717) is 19.3 Å². The molecule has 1 atom stereocenters. The van der Waals surface area contributed by atoms with Crippen molar-refractivity contribution in [3.05, 3.63) is 88.0 Å². The van der Waals surface area contributed by atoms with E-state index in [0.717, 1.165) is 20.8 Å². The van der Waals surface area contributed by atoms with Gasteiger partial charge in [-0.3, -0.25) is 14.8 Å². The molecule has 3 rings (SSSR count). The number of hydroxylamine groups is 1. The summed E-state index contributed by atoms with van der Waals surface area (Å²) in [5.74, 6) is -1.57. The zero-order chi connectivity index (χ0) is 26.1. The lowest BCUT2D eigenvalue weighted by molar-refractivity contribution is -0.134. The molecule has 0 aliphatic rings. The zero-order valence-electron chi connectivity index (χ0n) is 20.7. The molecule has 0 bridgehead atoms. The number of hydrogen-bond acceptors (Lipinski definition) is 5. The standard InChI is InChI=1S/C27H34N4O5/c1-19(2)16-17-24(32)30(23(25(33)29-36)15-9-14-20-10-5-3-6-11-20)31-26(34)22(28-27(31)35)18-21-12-7-4-8-13-21/h3-8,10-13,19,23,34,36H,9,14-18H2,1-2H3,(H,28,35)(H,29,33)/t23-/m0/s1. The molecular weight excluding hydrogens is 460 g/mol. The van der Waals surface area contributed by atoms with Crippen LogP contribution in [-0.4, -0.2) is 37.8 Å². The number of hydrogen-bond donors (Lipinski definition) is 4. The van der Waals surface area contributed by atoms with E-state index >= 15 is 0 Å². The largest absolute Gasteiger partial charge is 0.492 e. The first-order valence-electron chi connectivity index (χ1n) is 12.2. The number of amides is 2. The van der Waals surface area contributed by atoms with Crippen molar-refractivity contribution in [3.8, 4) is 5.88 Å². The highest BCUT2D eigenvalue weighted by Gasteiger charge is 2.34. The molecule has 1 heterocycles. The highest BCUT2D eigenvalue weighted by Crippen LogP contribution is 2.21. The average Bonchev–Trinajstić information content (AvgIpc) is 3.15. The maximum Gasteiger partial charge on any atom is 0.348 e. The van der Waals surface area contributed by atoms with Crippen LogP contribution in [0.4, 0.5) is 0 Å². The van der Waals surface area contributed by atoms with E-state index in [2.05, 4.69) is 4.98 Å². The van der Waals surface area contributed by atoms with Crippen LogP contribution in [0, 0.1) is 5.92 Å². The summed E-state index contributed by atoms with van der Waals surface area (Å²) in [5, 5.41) is 21.5. The highest BCUT2D eigenvalue weighted by atomic mass is 16.5. The molecule has 2 amide bonds.